The van der Waals surface area contributed by atoms with Crippen molar-refractivity contribution in [3.05, 3.63) is 34.6 Å². The van der Waals surface area contributed by atoms with Crippen LogP contribution in [0.15, 0.2) is 17.9 Å². The van der Waals surface area contributed by atoms with Crippen LogP contribution in [-0.4, -0.2) is 56.3 Å². The summed E-state index contributed by atoms with van der Waals surface area (Å²) in [5.74, 6) is 2.05. The van der Waals surface area contributed by atoms with Crippen LogP contribution in [0.5, 0.6) is 11.5 Å². The van der Waals surface area contributed by atoms with Crippen molar-refractivity contribution in [2.45, 2.75) is 50.7 Å². The number of benzene rings is 1. The molecule has 0 saturated carbocycles. The molecule has 29 heavy (non-hydrogen) atoms. The van der Waals surface area contributed by atoms with E-state index in [4.69, 9.17) is 14.2 Å². The van der Waals surface area contributed by atoms with E-state index in [1.165, 1.54) is 0 Å². The Balaban J connectivity index is 2.00. The first-order chi connectivity index (χ1) is 14.0. The molecule has 1 N–H and O–H groups in total. The van der Waals surface area contributed by atoms with Crippen molar-refractivity contribution >= 4 is 5.78 Å². The highest BCUT2D eigenvalue weighted by Gasteiger charge is 2.57. The minimum atomic E-state index is -0.356. The smallest absolute Gasteiger partial charge is 0.197 e. The van der Waals surface area contributed by atoms with Gasteiger partial charge in [-0.05, 0) is 56.1 Å². The van der Waals surface area contributed by atoms with Gasteiger partial charge < -0.3 is 24.2 Å². The number of likely N-dealkylation sites (tertiary alicyclic amines) is 1. The number of aliphatic hydroxyl groups is 1. The lowest BCUT2D eigenvalue weighted by Crippen LogP contribution is -2.60. The summed E-state index contributed by atoms with van der Waals surface area (Å²) in [6.45, 7) is 3.52. The predicted molar refractivity (Wildman–Crippen MR) is 109 cm³/mol. The van der Waals surface area contributed by atoms with Gasteiger partial charge in [0, 0.05) is 29.4 Å². The fourth-order valence-electron chi connectivity index (χ4n) is 5.64. The molecule has 6 nitrogen and oxygen atoms in total. The second kappa shape index (κ2) is 7.65. The molecule has 0 radical (unpaired) electrons. The van der Waals surface area contributed by atoms with Crippen LogP contribution in [0.25, 0.3) is 0 Å². The molecule has 3 aliphatic rings. The van der Waals surface area contributed by atoms with Gasteiger partial charge in [0.1, 0.15) is 0 Å². The van der Waals surface area contributed by atoms with E-state index in [0.29, 0.717) is 24.5 Å². The van der Waals surface area contributed by atoms with Crippen LogP contribution in [-0.2, 0) is 28.0 Å². The molecule has 1 saturated heterocycles. The van der Waals surface area contributed by atoms with Gasteiger partial charge in [0.15, 0.2) is 23.0 Å². The average molecular weight is 402 g/mol. The maximum Gasteiger partial charge on any atom is 0.197 e. The average Bonchev–Trinajstić information content (AvgIpc) is 2.73. The van der Waals surface area contributed by atoms with E-state index >= 15 is 0 Å². The van der Waals surface area contributed by atoms with Crippen molar-refractivity contribution in [1.82, 2.24) is 4.90 Å². The minimum absolute atomic E-state index is 0.0368. The number of nitrogens with zero attached hydrogens (tertiary/aromatic N) is 1. The van der Waals surface area contributed by atoms with Crippen molar-refractivity contribution in [2.24, 2.45) is 5.92 Å². The zero-order valence-electron chi connectivity index (χ0n) is 17.8. The number of Topliss-reactive ketones (excluding diaryl/α,β-unsaturated/α-hetero) is 1. The first-order valence-electron chi connectivity index (χ1n) is 10.5. The molecule has 1 fully saturated rings. The monoisotopic (exact) mass is 401 g/mol. The number of likely N-dealkylation sites (N-methyl/N-ethyl adjacent to an activating group) is 1. The van der Waals surface area contributed by atoms with E-state index < -0.39 is 0 Å². The van der Waals surface area contributed by atoms with Crippen molar-refractivity contribution in [3.8, 4) is 11.5 Å². The minimum Gasteiger partial charge on any atom is -0.493 e. The largest absolute Gasteiger partial charge is 0.493 e. The van der Waals surface area contributed by atoms with Crippen LogP contribution in [0.1, 0.15) is 42.9 Å². The van der Waals surface area contributed by atoms with Gasteiger partial charge in [0.05, 0.1) is 27.4 Å². The summed E-state index contributed by atoms with van der Waals surface area (Å²) in [6, 6.07) is 2.16. The fraction of sp³-hybridized carbons (Fsp3) is 0.609. The third-order valence-electron chi connectivity index (χ3n) is 7.03. The number of carbonyl (C=O) groups is 1. The standard InChI is InChI=1S/C23H31NO5/c1-5-8-29-22-20(28-4)9-14(13-25)15-10-17-16-11-19(27-3)18(26)12-23(16,21(15)22)6-7-24(17)2/h9,11,16-17,25H,5-8,10,12-13H2,1-4H3/t16-,17+,23-/m1/s1. The van der Waals surface area contributed by atoms with Gasteiger partial charge in [-0.2, -0.15) is 0 Å². The molecular weight excluding hydrogens is 370 g/mol. The van der Waals surface area contributed by atoms with Crippen molar-refractivity contribution in [1.29, 1.82) is 0 Å². The maximum atomic E-state index is 13.0. The van der Waals surface area contributed by atoms with E-state index in [9.17, 15) is 9.90 Å². The van der Waals surface area contributed by atoms with E-state index in [1.807, 2.05) is 12.1 Å². The Labute approximate surface area is 172 Å². The molecule has 0 aromatic heterocycles. The zero-order valence-corrected chi connectivity index (χ0v) is 17.8. The normalized spacial score (nSPS) is 28.3. The lowest BCUT2D eigenvalue weighted by Gasteiger charge is -2.57. The molecule has 3 atom stereocenters. The fourth-order valence-corrected chi connectivity index (χ4v) is 5.64. The highest BCUT2D eigenvalue weighted by atomic mass is 16.5. The Morgan fingerprint density at radius 2 is 2.10 bits per heavy atom. The van der Waals surface area contributed by atoms with Gasteiger partial charge in [-0.25, -0.2) is 0 Å². The number of hydrogen-bond acceptors (Lipinski definition) is 6. The van der Waals surface area contributed by atoms with Crippen LogP contribution in [0.4, 0.5) is 0 Å². The lowest BCUT2D eigenvalue weighted by atomic mass is 9.53. The van der Waals surface area contributed by atoms with Crippen LogP contribution >= 0.6 is 0 Å². The molecule has 2 bridgehead atoms. The van der Waals surface area contributed by atoms with Crippen molar-refractivity contribution in [3.63, 3.8) is 0 Å². The van der Waals surface area contributed by atoms with Crippen LogP contribution in [0.3, 0.4) is 0 Å². The van der Waals surface area contributed by atoms with Gasteiger partial charge in [-0.15, -0.1) is 0 Å². The SMILES string of the molecule is CCCOc1c(OC)cc(CO)c2c1[C@@]13CCN(C)[C@@H](C2)[C@H]1C=C(OC)C(=O)C3. The molecule has 1 aliphatic heterocycles. The molecule has 2 aliphatic carbocycles. The number of allylic oxidation sites excluding steroid dienone is 1. The molecule has 1 heterocycles. The molecule has 1 aromatic rings. The first-order valence-corrected chi connectivity index (χ1v) is 10.5. The molecule has 6 heteroatoms. The Hall–Kier alpha value is -2.05. The Morgan fingerprint density at radius 1 is 1.31 bits per heavy atom. The summed E-state index contributed by atoms with van der Waals surface area (Å²) in [5.41, 5.74) is 2.70. The van der Waals surface area contributed by atoms with Crippen LogP contribution in [0, 0.1) is 5.92 Å². The molecular formula is C23H31NO5. The Morgan fingerprint density at radius 3 is 2.76 bits per heavy atom. The van der Waals surface area contributed by atoms with Crippen molar-refractivity contribution < 1.29 is 24.1 Å². The molecule has 158 valence electrons. The number of piperidine rings is 1. The highest BCUT2D eigenvalue weighted by molar-refractivity contribution is 5.96. The molecule has 0 amide bonds. The number of methoxy groups -OCH3 is 2. The van der Waals surface area contributed by atoms with E-state index in [0.717, 1.165) is 48.2 Å². The van der Waals surface area contributed by atoms with E-state index in [2.05, 4.69) is 18.9 Å². The third kappa shape index (κ3) is 2.96. The highest BCUT2D eigenvalue weighted by Crippen LogP contribution is 2.58. The summed E-state index contributed by atoms with van der Waals surface area (Å²) < 4.78 is 17.3. The number of carbonyl (C=O) groups excluding carboxylic acids is 1. The predicted octanol–water partition coefficient (Wildman–Crippen LogP) is 2.59. The zero-order chi connectivity index (χ0) is 20.8. The molecule has 0 spiro atoms. The first kappa shape index (κ1) is 20.2. The van der Waals surface area contributed by atoms with Gasteiger partial charge in [0.2, 0.25) is 0 Å². The number of rotatable bonds is 6. The van der Waals surface area contributed by atoms with Crippen LogP contribution < -0.4 is 9.47 Å². The summed E-state index contributed by atoms with van der Waals surface area (Å²) in [7, 11) is 5.35. The molecule has 1 aromatic carbocycles. The summed E-state index contributed by atoms with van der Waals surface area (Å²) >= 11 is 0. The van der Waals surface area contributed by atoms with Gasteiger partial charge in [-0.3, -0.25) is 4.79 Å². The summed E-state index contributed by atoms with van der Waals surface area (Å²) in [4.78, 5) is 15.4. The number of hydrogen-bond donors (Lipinski definition) is 1. The number of ketones is 1. The number of fused-ring (bicyclic) bond motifs is 1. The number of aliphatic hydroxyl groups excluding tert-OH is 1. The van der Waals surface area contributed by atoms with E-state index in [-0.39, 0.29) is 29.8 Å². The van der Waals surface area contributed by atoms with Gasteiger partial charge in [-0.1, -0.05) is 6.92 Å². The number of ether oxygens (including phenoxy) is 3. The summed E-state index contributed by atoms with van der Waals surface area (Å²) in [5, 5.41) is 10.1. The Bertz CT molecular complexity index is 826. The second-order valence-corrected chi connectivity index (χ2v) is 8.45. The van der Waals surface area contributed by atoms with E-state index in [1.54, 1.807) is 14.2 Å². The molecule has 0 unspecified atom stereocenters. The molecule has 4 rings (SSSR count). The second-order valence-electron chi connectivity index (χ2n) is 8.45. The summed E-state index contributed by atoms with van der Waals surface area (Å²) in [6.07, 6.45) is 4.99. The maximum absolute atomic E-state index is 13.0. The topological polar surface area (TPSA) is 68.2 Å². The van der Waals surface area contributed by atoms with Crippen LogP contribution in [0.2, 0.25) is 0 Å². The van der Waals surface area contributed by atoms with Crippen molar-refractivity contribution in [2.75, 3.05) is 34.4 Å². The Kier molecular flexibility index (Phi) is 5.34. The quantitative estimate of drug-likeness (QED) is 0.790. The third-order valence-corrected chi connectivity index (χ3v) is 7.03. The lowest BCUT2D eigenvalue weighted by molar-refractivity contribution is -0.122. The van der Waals surface area contributed by atoms with Gasteiger partial charge in [0.25, 0.3) is 0 Å². The van der Waals surface area contributed by atoms with Gasteiger partial charge >= 0.3 is 0 Å².